The highest BCUT2D eigenvalue weighted by Gasteiger charge is 2.10. The molecule has 0 saturated carbocycles. The van der Waals surface area contributed by atoms with E-state index in [1.54, 1.807) is 13.3 Å². The monoisotopic (exact) mass is 371 g/mol. The zero-order valence-corrected chi connectivity index (χ0v) is 14.9. The summed E-state index contributed by atoms with van der Waals surface area (Å²) in [6.07, 6.45) is 1.80. The van der Waals surface area contributed by atoms with Crippen LogP contribution in [0.4, 0.5) is 11.4 Å². The van der Waals surface area contributed by atoms with Crippen LogP contribution in [0.1, 0.15) is 5.56 Å². The molecule has 0 radical (unpaired) electrons. The first kappa shape index (κ1) is 15.6. The van der Waals surface area contributed by atoms with Crippen molar-refractivity contribution >= 4 is 27.3 Å². The van der Waals surface area contributed by atoms with Crippen LogP contribution >= 0.6 is 15.9 Å². The van der Waals surface area contributed by atoms with E-state index in [4.69, 9.17) is 4.74 Å². The van der Waals surface area contributed by atoms with E-state index < -0.39 is 0 Å². The molecule has 0 amide bonds. The van der Waals surface area contributed by atoms with Gasteiger partial charge in [-0.05, 0) is 52.7 Å². The van der Waals surface area contributed by atoms with Crippen LogP contribution in [-0.2, 0) is 7.05 Å². The summed E-state index contributed by atoms with van der Waals surface area (Å²) in [7, 11) is 3.61. The molecule has 0 bridgehead atoms. The Morgan fingerprint density at radius 1 is 1.17 bits per heavy atom. The van der Waals surface area contributed by atoms with Gasteiger partial charge in [0.1, 0.15) is 5.75 Å². The minimum Gasteiger partial charge on any atom is -0.495 e. The Morgan fingerprint density at radius 2 is 2.00 bits per heavy atom. The number of hydrogen-bond acceptors (Lipinski definition) is 3. The molecule has 4 nitrogen and oxygen atoms in total. The summed E-state index contributed by atoms with van der Waals surface area (Å²) in [4.78, 5) is 0. The molecule has 0 unspecified atom stereocenters. The number of nitrogens with one attached hydrogen (secondary N) is 1. The van der Waals surface area contributed by atoms with Crippen LogP contribution in [-0.4, -0.2) is 16.9 Å². The van der Waals surface area contributed by atoms with E-state index in [2.05, 4.69) is 51.5 Å². The van der Waals surface area contributed by atoms with Crippen molar-refractivity contribution in [3.63, 3.8) is 0 Å². The van der Waals surface area contributed by atoms with Crippen molar-refractivity contribution in [1.82, 2.24) is 9.78 Å². The first-order chi connectivity index (χ1) is 11.1. The van der Waals surface area contributed by atoms with Gasteiger partial charge in [0.25, 0.3) is 0 Å². The van der Waals surface area contributed by atoms with Gasteiger partial charge >= 0.3 is 0 Å². The van der Waals surface area contributed by atoms with Crippen molar-refractivity contribution in [3.05, 3.63) is 58.7 Å². The van der Waals surface area contributed by atoms with E-state index in [9.17, 15) is 0 Å². The molecule has 23 heavy (non-hydrogen) atoms. The van der Waals surface area contributed by atoms with Crippen LogP contribution in [0.5, 0.6) is 5.75 Å². The summed E-state index contributed by atoms with van der Waals surface area (Å²) >= 11 is 3.55. The zero-order valence-electron chi connectivity index (χ0n) is 13.3. The molecular formula is C18H18BrN3O. The Morgan fingerprint density at radius 3 is 2.70 bits per heavy atom. The number of nitrogens with zero attached hydrogens (tertiary/aromatic N) is 2. The van der Waals surface area contributed by atoms with Crippen molar-refractivity contribution in [3.8, 4) is 17.0 Å². The van der Waals surface area contributed by atoms with E-state index in [1.807, 2.05) is 36.0 Å². The number of aromatic nitrogens is 2. The fourth-order valence-electron chi connectivity index (χ4n) is 2.55. The molecule has 0 aliphatic carbocycles. The number of anilines is 2. The maximum atomic E-state index is 5.43. The normalized spacial score (nSPS) is 10.6. The molecule has 0 fully saturated rings. The molecule has 3 aromatic rings. The minimum absolute atomic E-state index is 0.822. The molecule has 1 heterocycles. The van der Waals surface area contributed by atoms with E-state index in [-0.39, 0.29) is 0 Å². The van der Waals surface area contributed by atoms with E-state index in [0.717, 1.165) is 32.9 Å². The second-order valence-corrected chi connectivity index (χ2v) is 6.23. The van der Waals surface area contributed by atoms with Crippen molar-refractivity contribution in [2.75, 3.05) is 12.4 Å². The van der Waals surface area contributed by atoms with Gasteiger partial charge in [-0.3, -0.25) is 4.68 Å². The van der Waals surface area contributed by atoms with Gasteiger partial charge in [0, 0.05) is 18.3 Å². The van der Waals surface area contributed by atoms with Crippen LogP contribution < -0.4 is 10.1 Å². The van der Waals surface area contributed by atoms with Gasteiger partial charge in [0.2, 0.25) is 0 Å². The molecule has 1 aromatic heterocycles. The lowest BCUT2D eigenvalue weighted by Gasteiger charge is -2.13. The lowest BCUT2D eigenvalue weighted by molar-refractivity contribution is 0.416. The largest absolute Gasteiger partial charge is 0.495 e. The van der Waals surface area contributed by atoms with Gasteiger partial charge in [0.15, 0.2) is 0 Å². The van der Waals surface area contributed by atoms with Crippen LogP contribution in [0.25, 0.3) is 11.3 Å². The smallest absolute Gasteiger partial charge is 0.142 e. The third-order valence-electron chi connectivity index (χ3n) is 3.66. The Bertz CT molecular complexity index is 823. The fraction of sp³-hybridized carbons (Fsp3) is 0.167. The highest BCUT2D eigenvalue weighted by molar-refractivity contribution is 9.10. The summed E-state index contributed by atoms with van der Waals surface area (Å²) in [6, 6.07) is 14.3. The van der Waals surface area contributed by atoms with Crippen LogP contribution in [0.2, 0.25) is 0 Å². The van der Waals surface area contributed by atoms with Crippen molar-refractivity contribution in [2.45, 2.75) is 6.92 Å². The maximum absolute atomic E-state index is 5.43. The van der Waals surface area contributed by atoms with Gasteiger partial charge in [-0.15, -0.1) is 0 Å². The number of aryl methyl sites for hydroxylation is 2. The van der Waals surface area contributed by atoms with Crippen molar-refractivity contribution in [2.24, 2.45) is 7.05 Å². The first-order valence-electron chi connectivity index (χ1n) is 7.28. The van der Waals surface area contributed by atoms with Gasteiger partial charge < -0.3 is 10.1 Å². The lowest BCUT2D eigenvalue weighted by Crippen LogP contribution is -1.97. The first-order valence-corrected chi connectivity index (χ1v) is 8.07. The number of ether oxygens (including phenoxy) is 1. The molecule has 2 aromatic carbocycles. The van der Waals surface area contributed by atoms with E-state index >= 15 is 0 Å². The van der Waals surface area contributed by atoms with E-state index in [1.165, 1.54) is 5.56 Å². The Kier molecular flexibility index (Phi) is 4.39. The second-order valence-electron chi connectivity index (χ2n) is 5.37. The van der Waals surface area contributed by atoms with Crippen LogP contribution in [0, 0.1) is 6.92 Å². The molecule has 1 N–H and O–H groups in total. The van der Waals surface area contributed by atoms with Gasteiger partial charge in [-0.2, -0.15) is 5.10 Å². The predicted octanol–water partition coefficient (Wildman–Crippen LogP) is 4.91. The summed E-state index contributed by atoms with van der Waals surface area (Å²) < 4.78 is 8.26. The third kappa shape index (κ3) is 3.24. The molecule has 0 aliphatic heterocycles. The minimum atomic E-state index is 0.822. The van der Waals surface area contributed by atoms with Gasteiger partial charge in [-0.25, -0.2) is 0 Å². The summed E-state index contributed by atoms with van der Waals surface area (Å²) in [6.45, 7) is 2.06. The summed E-state index contributed by atoms with van der Waals surface area (Å²) in [5, 5.41) is 7.71. The van der Waals surface area contributed by atoms with Gasteiger partial charge in [0.05, 0.1) is 29.2 Å². The highest BCUT2D eigenvalue weighted by Crippen LogP contribution is 2.32. The Hall–Kier alpha value is -2.27. The van der Waals surface area contributed by atoms with E-state index in [0.29, 0.717) is 0 Å². The average Bonchev–Trinajstić information content (AvgIpc) is 2.87. The number of methoxy groups -OCH3 is 1. The number of benzene rings is 2. The maximum Gasteiger partial charge on any atom is 0.142 e. The molecule has 5 heteroatoms. The number of rotatable bonds is 4. The van der Waals surface area contributed by atoms with Crippen LogP contribution in [0.15, 0.2) is 53.1 Å². The Balaban J connectivity index is 1.97. The molecule has 0 atom stereocenters. The second kappa shape index (κ2) is 6.46. The van der Waals surface area contributed by atoms with Crippen LogP contribution in [0.3, 0.4) is 0 Å². The molecule has 0 saturated heterocycles. The topological polar surface area (TPSA) is 39.1 Å². The van der Waals surface area contributed by atoms with Crippen molar-refractivity contribution in [1.29, 1.82) is 0 Å². The van der Waals surface area contributed by atoms with Gasteiger partial charge in [-0.1, -0.05) is 18.2 Å². The fourth-order valence-corrected chi connectivity index (χ4v) is 3.13. The summed E-state index contributed by atoms with van der Waals surface area (Å²) in [5.74, 6) is 0.822. The molecule has 3 rings (SSSR count). The SMILES string of the molecule is COc1ccc(C)cc1Nc1cccc(-c2c(Br)cnn2C)c1. The molecule has 0 spiro atoms. The lowest BCUT2D eigenvalue weighted by atomic mass is 10.1. The number of hydrogen-bond donors (Lipinski definition) is 1. The molecule has 118 valence electrons. The third-order valence-corrected chi connectivity index (χ3v) is 4.24. The summed E-state index contributed by atoms with van der Waals surface area (Å²) in [5.41, 5.74) is 5.27. The van der Waals surface area contributed by atoms with Crippen molar-refractivity contribution < 1.29 is 4.74 Å². The number of halogens is 1. The molecular weight excluding hydrogens is 354 g/mol. The quantitative estimate of drug-likeness (QED) is 0.707. The average molecular weight is 372 g/mol. The standard InChI is InChI=1S/C18H18BrN3O/c1-12-7-8-17(23-3)16(9-12)21-14-6-4-5-13(10-14)18-15(19)11-20-22(18)2/h4-11,21H,1-3H3. The molecule has 0 aliphatic rings. The predicted molar refractivity (Wildman–Crippen MR) is 97.4 cm³/mol. The Labute approximate surface area is 144 Å². The zero-order chi connectivity index (χ0) is 16.4. The highest BCUT2D eigenvalue weighted by atomic mass is 79.9.